The Morgan fingerprint density at radius 1 is 1.60 bits per heavy atom. The molecular formula is C10H13ClN2O2. The fourth-order valence-electron chi connectivity index (χ4n) is 1.17. The number of nitro groups is 1. The summed E-state index contributed by atoms with van der Waals surface area (Å²) in [6, 6.07) is 3.01. The van der Waals surface area contributed by atoms with Gasteiger partial charge in [0.2, 0.25) is 0 Å². The number of alkyl halides is 1. The summed E-state index contributed by atoms with van der Waals surface area (Å²) in [5, 5.41) is 10.6. The van der Waals surface area contributed by atoms with Gasteiger partial charge >= 0.3 is 0 Å². The Bertz CT molecular complexity index is 355. The van der Waals surface area contributed by atoms with Gasteiger partial charge in [-0.25, -0.2) is 0 Å². The largest absolute Gasteiger partial charge is 0.290 e. The first-order valence-corrected chi connectivity index (χ1v) is 5.18. The summed E-state index contributed by atoms with van der Waals surface area (Å²) in [6.45, 7) is 3.96. The second-order valence-corrected chi connectivity index (χ2v) is 4.25. The maximum Gasteiger partial charge on any atom is 0.290 e. The van der Waals surface area contributed by atoms with Crippen molar-refractivity contribution in [3.63, 3.8) is 0 Å². The topological polar surface area (TPSA) is 56.0 Å². The van der Waals surface area contributed by atoms with Crippen molar-refractivity contribution in [3.05, 3.63) is 34.1 Å². The van der Waals surface area contributed by atoms with Gasteiger partial charge in [-0.1, -0.05) is 13.8 Å². The molecule has 0 amide bonds. The predicted molar refractivity (Wildman–Crippen MR) is 59.1 cm³/mol. The Labute approximate surface area is 93.4 Å². The SMILES string of the molecule is CC(C)C(Cl)Cc1ncccc1[N+](=O)[O-]. The van der Waals surface area contributed by atoms with Crippen molar-refractivity contribution in [1.82, 2.24) is 4.98 Å². The molecular weight excluding hydrogens is 216 g/mol. The molecule has 1 rings (SSSR count). The number of halogens is 1. The average molecular weight is 229 g/mol. The summed E-state index contributed by atoms with van der Waals surface area (Å²) in [7, 11) is 0. The molecule has 0 aromatic carbocycles. The third kappa shape index (κ3) is 3.16. The molecule has 0 aliphatic heterocycles. The van der Waals surface area contributed by atoms with Gasteiger partial charge in [0.05, 0.1) is 4.92 Å². The maximum atomic E-state index is 10.7. The lowest BCUT2D eigenvalue weighted by atomic mass is 10.0. The highest BCUT2D eigenvalue weighted by Crippen LogP contribution is 2.21. The van der Waals surface area contributed by atoms with Gasteiger partial charge in [0.1, 0.15) is 5.69 Å². The van der Waals surface area contributed by atoms with Gasteiger partial charge in [-0.2, -0.15) is 0 Å². The van der Waals surface area contributed by atoms with E-state index in [0.717, 1.165) is 0 Å². The first-order chi connectivity index (χ1) is 7.02. The van der Waals surface area contributed by atoms with Crippen LogP contribution in [0.5, 0.6) is 0 Å². The quantitative estimate of drug-likeness (QED) is 0.452. The Morgan fingerprint density at radius 2 is 2.27 bits per heavy atom. The third-order valence-electron chi connectivity index (χ3n) is 2.17. The van der Waals surface area contributed by atoms with E-state index in [2.05, 4.69) is 4.98 Å². The lowest BCUT2D eigenvalue weighted by Crippen LogP contribution is -2.13. The number of hydrogen-bond acceptors (Lipinski definition) is 3. The first kappa shape index (κ1) is 11.9. The van der Waals surface area contributed by atoms with Crippen LogP contribution >= 0.6 is 11.6 Å². The van der Waals surface area contributed by atoms with E-state index in [-0.39, 0.29) is 17.0 Å². The van der Waals surface area contributed by atoms with Gasteiger partial charge in [0.15, 0.2) is 0 Å². The van der Waals surface area contributed by atoms with Gasteiger partial charge < -0.3 is 0 Å². The molecule has 15 heavy (non-hydrogen) atoms. The van der Waals surface area contributed by atoms with E-state index in [1.165, 1.54) is 6.07 Å². The van der Waals surface area contributed by atoms with E-state index in [1.54, 1.807) is 12.3 Å². The highest BCUT2D eigenvalue weighted by molar-refractivity contribution is 6.20. The van der Waals surface area contributed by atoms with Crippen LogP contribution in [0.2, 0.25) is 0 Å². The van der Waals surface area contributed by atoms with Crippen LogP contribution in [-0.2, 0) is 6.42 Å². The van der Waals surface area contributed by atoms with Crippen LogP contribution in [-0.4, -0.2) is 15.3 Å². The lowest BCUT2D eigenvalue weighted by molar-refractivity contribution is -0.385. The fraction of sp³-hybridized carbons (Fsp3) is 0.500. The maximum absolute atomic E-state index is 10.7. The van der Waals surface area contributed by atoms with Crippen LogP contribution in [0.1, 0.15) is 19.5 Å². The van der Waals surface area contributed by atoms with Crippen LogP contribution in [0, 0.1) is 16.0 Å². The van der Waals surface area contributed by atoms with Gasteiger partial charge in [0, 0.05) is 24.1 Å². The summed E-state index contributed by atoms with van der Waals surface area (Å²) in [5.74, 6) is 0.272. The molecule has 1 aromatic rings. The monoisotopic (exact) mass is 228 g/mol. The third-order valence-corrected chi connectivity index (χ3v) is 2.83. The second-order valence-electron chi connectivity index (χ2n) is 3.69. The molecule has 82 valence electrons. The molecule has 1 unspecified atom stereocenters. The first-order valence-electron chi connectivity index (χ1n) is 4.74. The Morgan fingerprint density at radius 3 is 2.80 bits per heavy atom. The second kappa shape index (κ2) is 5.07. The van der Waals surface area contributed by atoms with Gasteiger partial charge in [-0.05, 0) is 12.0 Å². The summed E-state index contributed by atoms with van der Waals surface area (Å²) < 4.78 is 0. The molecule has 0 aliphatic carbocycles. The van der Waals surface area contributed by atoms with E-state index < -0.39 is 4.92 Å². The van der Waals surface area contributed by atoms with E-state index in [4.69, 9.17) is 11.6 Å². The summed E-state index contributed by atoms with van der Waals surface area (Å²) in [4.78, 5) is 14.3. The fourth-order valence-corrected chi connectivity index (χ4v) is 1.32. The molecule has 0 saturated carbocycles. The van der Waals surface area contributed by atoms with E-state index in [1.807, 2.05) is 13.8 Å². The molecule has 0 fully saturated rings. The molecule has 0 aliphatic rings. The van der Waals surface area contributed by atoms with Gasteiger partial charge in [-0.3, -0.25) is 15.1 Å². The van der Waals surface area contributed by atoms with Crippen molar-refractivity contribution in [2.24, 2.45) is 5.92 Å². The lowest BCUT2D eigenvalue weighted by Gasteiger charge is -2.12. The van der Waals surface area contributed by atoms with Crippen LogP contribution in [0.3, 0.4) is 0 Å². The highest BCUT2D eigenvalue weighted by Gasteiger charge is 2.19. The molecule has 1 aromatic heterocycles. The molecule has 1 heterocycles. The summed E-state index contributed by atoms with van der Waals surface area (Å²) >= 11 is 6.06. The zero-order valence-corrected chi connectivity index (χ0v) is 9.44. The van der Waals surface area contributed by atoms with Crippen molar-refractivity contribution in [1.29, 1.82) is 0 Å². The molecule has 0 N–H and O–H groups in total. The summed E-state index contributed by atoms with van der Waals surface area (Å²) in [6.07, 6.45) is 1.97. The van der Waals surface area contributed by atoms with Gasteiger partial charge in [0.25, 0.3) is 5.69 Å². The van der Waals surface area contributed by atoms with Crippen molar-refractivity contribution in [2.75, 3.05) is 0 Å². The molecule has 0 saturated heterocycles. The molecule has 4 nitrogen and oxygen atoms in total. The van der Waals surface area contributed by atoms with Crippen LogP contribution in [0.15, 0.2) is 18.3 Å². The van der Waals surface area contributed by atoms with Crippen LogP contribution < -0.4 is 0 Å². The standard InChI is InChI=1S/C10H13ClN2O2/c1-7(2)8(11)6-9-10(13(14)15)4-3-5-12-9/h3-5,7-8H,6H2,1-2H3. The Kier molecular flexibility index (Phi) is 4.03. The smallest absolute Gasteiger partial charge is 0.258 e. The Hall–Kier alpha value is -1.16. The Balaban J connectivity index is 2.89. The molecule has 0 spiro atoms. The van der Waals surface area contributed by atoms with Crippen LogP contribution in [0.4, 0.5) is 5.69 Å². The van der Waals surface area contributed by atoms with E-state index in [9.17, 15) is 10.1 Å². The minimum absolute atomic E-state index is 0.0452. The zero-order valence-electron chi connectivity index (χ0n) is 8.68. The van der Waals surface area contributed by atoms with Crippen molar-refractivity contribution in [3.8, 4) is 0 Å². The molecule has 0 bridgehead atoms. The van der Waals surface area contributed by atoms with Crippen molar-refractivity contribution >= 4 is 17.3 Å². The zero-order chi connectivity index (χ0) is 11.4. The van der Waals surface area contributed by atoms with Crippen molar-refractivity contribution in [2.45, 2.75) is 25.6 Å². The minimum atomic E-state index is -0.424. The number of nitrogens with zero attached hydrogens (tertiary/aromatic N) is 2. The molecule has 5 heteroatoms. The average Bonchev–Trinajstić information content (AvgIpc) is 2.18. The number of aromatic nitrogens is 1. The molecule has 1 atom stereocenters. The number of hydrogen-bond donors (Lipinski definition) is 0. The van der Waals surface area contributed by atoms with Crippen molar-refractivity contribution < 1.29 is 4.92 Å². The minimum Gasteiger partial charge on any atom is -0.258 e. The number of rotatable bonds is 4. The van der Waals surface area contributed by atoms with E-state index in [0.29, 0.717) is 12.1 Å². The predicted octanol–water partition coefficient (Wildman–Crippen LogP) is 2.80. The summed E-state index contributed by atoms with van der Waals surface area (Å²) in [5.41, 5.74) is 0.500. The molecule has 0 radical (unpaired) electrons. The van der Waals surface area contributed by atoms with Crippen LogP contribution in [0.25, 0.3) is 0 Å². The normalized spacial score (nSPS) is 12.8. The van der Waals surface area contributed by atoms with E-state index >= 15 is 0 Å². The van der Waals surface area contributed by atoms with Gasteiger partial charge in [-0.15, -0.1) is 11.6 Å². The number of pyridine rings is 1. The highest BCUT2D eigenvalue weighted by atomic mass is 35.5.